The van der Waals surface area contributed by atoms with Gasteiger partial charge < -0.3 is 15.2 Å². The van der Waals surface area contributed by atoms with Crippen molar-refractivity contribution in [3.8, 4) is 5.75 Å². The van der Waals surface area contributed by atoms with Gasteiger partial charge in [-0.2, -0.15) is 0 Å². The number of piperidine rings is 1. The molecule has 1 aromatic rings. The van der Waals surface area contributed by atoms with Gasteiger partial charge in [-0.1, -0.05) is 22.9 Å². The van der Waals surface area contributed by atoms with Crippen LogP contribution in [0.3, 0.4) is 0 Å². The van der Waals surface area contributed by atoms with Crippen molar-refractivity contribution in [1.29, 1.82) is 0 Å². The molecule has 18 heavy (non-hydrogen) atoms. The molecule has 1 heterocycles. The fraction of sp³-hybridized carbons (Fsp3) is 0.571. The zero-order valence-electron chi connectivity index (χ0n) is 10.8. The number of nitrogens with one attached hydrogen (secondary N) is 1. The predicted molar refractivity (Wildman–Crippen MR) is 75.8 cm³/mol. The number of halogens is 1. The summed E-state index contributed by atoms with van der Waals surface area (Å²) in [5, 5.41) is 13.9. The molecular weight excluding hydrogens is 294 g/mol. The summed E-state index contributed by atoms with van der Waals surface area (Å²) in [6.45, 7) is 3.21. The smallest absolute Gasteiger partial charge is 0.124 e. The third-order valence-electron chi connectivity index (χ3n) is 3.59. The van der Waals surface area contributed by atoms with Crippen LogP contribution < -0.4 is 10.1 Å². The molecule has 1 fully saturated rings. The van der Waals surface area contributed by atoms with Crippen molar-refractivity contribution in [2.24, 2.45) is 5.92 Å². The first kappa shape index (κ1) is 13.8. The number of hydrogen-bond donors (Lipinski definition) is 2. The average molecular weight is 314 g/mol. The molecule has 0 amide bonds. The van der Waals surface area contributed by atoms with E-state index in [0.717, 1.165) is 28.8 Å². The summed E-state index contributed by atoms with van der Waals surface area (Å²) in [7, 11) is 1.64. The Morgan fingerprint density at radius 1 is 1.50 bits per heavy atom. The molecular formula is C14H20BrNO2. The molecule has 0 bridgehead atoms. The molecule has 1 aliphatic rings. The Labute approximate surface area is 117 Å². The van der Waals surface area contributed by atoms with Crippen LogP contribution in [-0.4, -0.2) is 24.8 Å². The zero-order chi connectivity index (χ0) is 13.1. The van der Waals surface area contributed by atoms with Crippen molar-refractivity contribution in [2.75, 3.05) is 13.7 Å². The van der Waals surface area contributed by atoms with Crippen molar-refractivity contribution in [1.82, 2.24) is 5.32 Å². The quantitative estimate of drug-likeness (QED) is 0.901. The third kappa shape index (κ3) is 3.05. The van der Waals surface area contributed by atoms with Crippen LogP contribution in [0, 0.1) is 5.92 Å². The van der Waals surface area contributed by atoms with Crippen molar-refractivity contribution in [3.63, 3.8) is 0 Å². The van der Waals surface area contributed by atoms with Crippen LogP contribution in [0.25, 0.3) is 0 Å². The van der Waals surface area contributed by atoms with Crippen LogP contribution in [0.1, 0.15) is 31.4 Å². The van der Waals surface area contributed by atoms with Gasteiger partial charge in [-0.3, -0.25) is 0 Å². The minimum absolute atomic E-state index is 0.108. The van der Waals surface area contributed by atoms with Crippen LogP contribution in [0.2, 0.25) is 0 Å². The van der Waals surface area contributed by atoms with Gasteiger partial charge in [0.15, 0.2) is 0 Å². The van der Waals surface area contributed by atoms with E-state index in [-0.39, 0.29) is 6.04 Å². The molecule has 3 unspecified atom stereocenters. The Bertz CT molecular complexity index is 411. The lowest BCUT2D eigenvalue weighted by atomic mass is 9.88. The number of ether oxygens (including phenoxy) is 1. The highest BCUT2D eigenvalue weighted by molar-refractivity contribution is 9.10. The lowest BCUT2D eigenvalue weighted by Crippen LogP contribution is -2.41. The van der Waals surface area contributed by atoms with Gasteiger partial charge in [0.2, 0.25) is 0 Å². The summed E-state index contributed by atoms with van der Waals surface area (Å²) in [5.74, 6) is 1.40. The first-order valence-electron chi connectivity index (χ1n) is 6.36. The Morgan fingerprint density at radius 3 is 2.94 bits per heavy atom. The molecule has 0 aromatic heterocycles. The van der Waals surface area contributed by atoms with E-state index in [1.165, 1.54) is 6.42 Å². The number of methoxy groups -OCH3 is 1. The second-order valence-electron chi connectivity index (χ2n) is 5.02. The highest BCUT2D eigenvalue weighted by Crippen LogP contribution is 2.33. The summed E-state index contributed by atoms with van der Waals surface area (Å²) in [6, 6.07) is 5.85. The zero-order valence-corrected chi connectivity index (χ0v) is 12.4. The first-order valence-corrected chi connectivity index (χ1v) is 7.16. The maximum Gasteiger partial charge on any atom is 0.124 e. The van der Waals surface area contributed by atoms with Gasteiger partial charge in [-0.25, -0.2) is 0 Å². The topological polar surface area (TPSA) is 41.5 Å². The normalized spacial score (nSPS) is 25.8. The van der Waals surface area contributed by atoms with Crippen LogP contribution >= 0.6 is 15.9 Å². The SMILES string of the molecule is COc1ccc(Br)cc1C(O)C1CC(C)CCN1. The Kier molecular flexibility index (Phi) is 4.65. The van der Waals surface area contributed by atoms with E-state index in [9.17, 15) is 5.11 Å². The monoisotopic (exact) mass is 313 g/mol. The average Bonchev–Trinajstić information content (AvgIpc) is 2.38. The highest BCUT2D eigenvalue weighted by Gasteiger charge is 2.27. The Hall–Kier alpha value is -0.580. The van der Waals surface area contributed by atoms with Gasteiger partial charge >= 0.3 is 0 Å². The standard InChI is InChI=1S/C14H20BrNO2/c1-9-5-6-16-12(7-9)14(17)11-8-10(15)3-4-13(11)18-2/h3-4,8-9,12,14,16-17H,5-7H2,1-2H3. The van der Waals surface area contributed by atoms with Crippen molar-refractivity contribution < 1.29 is 9.84 Å². The molecule has 0 radical (unpaired) electrons. The molecule has 100 valence electrons. The van der Waals surface area contributed by atoms with Crippen molar-refractivity contribution >= 4 is 15.9 Å². The maximum absolute atomic E-state index is 10.5. The van der Waals surface area contributed by atoms with Crippen LogP contribution in [0.15, 0.2) is 22.7 Å². The number of aliphatic hydroxyl groups excluding tert-OH is 1. The van der Waals surface area contributed by atoms with Gasteiger partial charge in [0.05, 0.1) is 13.2 Å². The molecule has 4 heteroatoms. The van der Waals surface area contributed by atoms with Gasteiger partial charge in [-0.05, 0) is 43.5 Å². The summed E-state index contributed by atoms with van der Waals surface area (Å²) >= 11 is 3.44. The highest BCUT2D eigenvalue weighted by atomic mass is 79.9. The minimum Gasteiger partial charge on any atom is -0.496 e. The second kappa shape index (κ2) is 6.04. The molecule has 0 aliphatic carbocycles. The van der Waals surface area contributed by atoms with E-state index in [2.05, 4.69) is 28.2 Å². The summed E-state index contributed by atoms with van der Waals surface area (Å²) in [4.78, 5) is 0. The number of benzene rings is 1. The van der Waals surface area contributed by atoms with E-state index in [4.69, 9.17) is 4.74 Å². The molecule has 3 nitrogen and oxygen atoms in total. The van der Waals surface area contributed by atoms with Gasteiger partial charge in [-0.15, -0.1) is 0 Å². The second-order valence-corrected chi connectivity index (χ2v) is 5.94. The molecule has 0 spiro atoms. The first-order chi connectivity index (χ1) is 8.61. The van der Waals surface area contributed by atoms with E-state index in [1.54, 1.807) is 7.11 Å². The van der Waals surface area contributed by atoms with E-state index >= 15 is 0 Å². The minimum atomic E-state index is -0.528. The van der Waals surface area contributed by atoms with Crippen LogP contribution in [0.5, 0.6) is 5.75 Å². The fourth-order valence-electron chi connectivity index (χ4n) is 2.54. The predicted octanol–water partition coefficient (Wildman–Crippen LogP) is 2.88. The van der Waals surface area contributed by atoms with E-state index in [0.29, 0.717) is 5.92 Å². The van der Waals surface area contributed by atoms with Gasteiger partial charge in [0, 0.05) is 16.1 Å². The Balaban J connectivity index is 2.21. The summed E-state index contributed by atoms with van der Waals surface area (Å²) < 4.78 is 6.29. The lowest BCUT2D eigenvalue weighted by Gasteiger charge is -2.32. The van der Waals surface area contributed by atoms with Crippen LogP contribution in [0.4, 0.5) is 0 Å². The van der Waals surface area contributed by atoms with Crippen molar-refractivity contribution in [3.05, 3.63) is 28.2 Å². The Morgan fingerprint density at radius 2 is 2.28 bits per heavy atom. The number of hydrogen-bond acceptors (Lipinski definition) is 3. The molecule has 2 N–H and O–H groups in total. The molecule has 1 saturated heterocycles. The number of rotatable bonds is 3. The number of aliphatic hydroxyl groups is 1. The molecule has 1 aliphatic heterocycles. The molecule has 1 aromatic carbocycles. The van der Waals surface area contributed by atoms with E-state index < -0.39 is 6.10 Å². The van der Waals surface area contributed by atoms with Gasteiger partial charge in [0.1, 0.15) is 5.75 Å². The largest absolute Gasteiger partial charge is 0.496 e. The summed E-state index contributed by atoms with van der Waals surface area (Å²) in [6.07, 6.45) is 1.65. The fourth-order valence-corrected chi connectivity index (χ4v) is 2.92. The lowest BCUT2D eigenvalue weighted by molar-refractivity contribution is 0.0989. The maximum atomic E-state index is 10.5. The summed E-state index contributed by atoms with van der Waals surface area (Å²) in [5.41, 5.74) is 0.846. The molecule has 0 saturated carbocycles. The molecule has 3 atom stereocenters. The van der Waals surface area contributed by atoms with E-state index in [1.807, 2.05) is 18.2 Å². The third-order valence-corrected chi connectivity index (χ3v) is 4.08. The van der Waals surface area contributed by atoms with Crippen molar-refractivity contribution in [2.45, 2.75) is 31.9 Å². The van der Waals surface area contributed by atoms with Crippen LogP contribution in [-0.2, 0) is 0 Å². The molecule has 2 rings (SSSR count). The van der Waals surface area contributed by atoms with Gasteiger partial charge in [0.25, 0.3) is 0 Å².